The van der Waals surface area contributed by atoms with Crippen molar-refractivity contribution in [3.8, 4) is 0 Å². The Morgan fingerprint density at radius 3 is 2.75 bits per heavy atom. The molecule has 0 aliphatic carbocycles. The molecule has 1 aromatic carbocycles. The van der Waals surface area contributed by atoms with Gasteiger partial charge in [-0.05, 0) is 34.1 Å². The van der Waals surface area contributed by atoms with E-state index in [2.05, 4.69) is 21.2 Å². The molecule has 104 valence electrons. The van der Waals surface area contributed by atoms with Gasteiger partial charge >= 0.3 is 0 Å². The molecule has 3 N–H and O–H groups in total. The molecule has 0 aliphatic rings. The van der Waals surface area contributed by atoms with Crippen molar-refractivity contribution in [2.75, 3.05) is 5.32 Å². The highest BCUT2D eigenvalue weighted by Gasteiger charge is 2.11. The number of anilines is 1. The monoisotopic (exact) mass is 355 g/mol. The maximum Gasteiger partial charge on any atom is 0.283 e. The van der Waals surface area contributed by atoms with Gasteiger partial charge in [0, 0.05) is 28.6 Å². The van der Waals surface area contributed by atoms with Crippen molar-refractivity contribution in [1.29, 1.82) is 0 Å². The fourth-order valence-electron chi connectivity index (χ4n) is 1.56. The zero-order chi connectivity index (χ0) is 14.7. The number of nitrogens with zero attached hydrogens (tertiary/aromatic N) is 1. The molecule has 0 saturated heterocycles. The van der Waals surface area contributed by atoms with Crippen molar-refractivity contribution in [2.24, 2.45) is 5.73 Å². The summed E-state index contributed by atoms with van der Waals surface area (Å²) in [4.78, 5) is 22.2. The van der Waals surface area contributed by atoms with E-state index in [0.29, 0.717) is 16.6 Å². The van der Waals surface area contributed by atoms with Crippen molar-refractivity contribution >= 4 is 44.5 Å². The number of benzene rings is 1. The Balaban J connectivity index is 2.05. The SMILES string of the molecule is NC(=O)c1csc(CNc2ccc([N+](=O)[O-])c(Br)c2)c1. The van der Waals surface area contributed by atoms with Gasteiger partial charge in [-0.1, -0.05) is 0 Å². The third-order valence-corrected chi connectivity index (χ3v) is 4.12. The number of rotatable bonds is 5. The molecule has 1 heterocycles. The van der Waals surface area contributed by atoms with Crippen LogP contribution in [-0.4, -0.2) is 10.8 Å². The van der Waals surface area contributed by atoms with Gasteiger partial charge in [-0.25, -0.2) is 0 Å². The highest BCUT2D eigenvalue weighted by atomic mass is 79.9. The summed E-state index contributed by atoms with van der Waals surface area (Å²) < 4.78 is 0.413. The lowest BCUT2D eigenvalue weighted by Gasteiger charge is -2.05. The maximum absolute atomic E-state index is 11.0. The molecule has 1 amide bonds. The first-order valence-corrected chi connectivity index (χ1v) is 7.19. The van der Waals surface area contributed by atoms with Gasteiger partial charge in [0.2, 0.25) is 5.91 Å². The zero-order valence-corrected chi connectivity index (χ0v) is 12.5. The Hall–Kier alpha value is -1.93. The molecule has 20 heavy (non-hydrogen) atoms. The molecule has 0 spiro atoms. The minimum Gasteiger partial charge on any atom is -0.380 e. The fourth-order valence-corrected chi connectivity index (χ4v) is 2.89. The number of nitro benzene ring substituents is 1. The van der Waals surface area contributed by atoms with Gasteiger partial charge in [-0.3, -0.25) is 14.9 Å². The minimum absolute atomic E-state index is 0.0164. The Morgan fingerprint density at radius 2 is 2.20 bits per heavy atom. The van der Waals surface area contributed by atoms with E-state index in [1.807, 2.05) is 0 Å². The van der Waals surface area contributed by atoms with Crippen molar-refractivity contribution in [3.05, 3.63) is 54.7 Å². The quantitative estimate of drug-likeness (QED) is 0.635. The number of carbonyl (C=O) groups is 1. The normalized spacial score (nSPS) is 10.2. The molecule has 6 nitrogen and oxygen atoms in total. The minimum atomic E-state index is -0.453. The van der Waals surface area contributed by atoms with Crippen LogP contribution in [0.4, 0.5) is 11.4 Å². The number of primary amides is 1. The van der Waals surface area contributed by atoms with Gasteiger partial charge in [0.25, 0.3) is 5.69 Å². The van der Waals surface area contributed by atoms with Crippen LogP contribution in [0.5, 0.6) is 0 Å². The zero-order valence-electron chi connectivity index (χ0n) is 10.1. The van der Waals surface area contributed by atoms with Crippen LogP contribution < -0.4 is 11.1 Å². The first-order valence-electron chi connectivity index (χ1n) is 5.52. The Kier molecular flexibility index (Phi) is 4.35. The number of nitrogens with two attached hydrogens (primary N) is 1. The predicted octanol–water partition coefficient (Wildman–Crippen LogP) is 3.13. The molecule has 2 aromatic rings. The standard InChI is InChI=1S/C12H10BrN3O3S/c13-10-4-8(1-2-11(10)16(18)19)15-5-9-3-7(6-20-9)12(14)17/h1-4,6,15H,5H2,(H2,14,17). The van der Waals surface area contributed by atoms with Crippen LogP contribution in [0.1, 0.15) is 15.2 Å². The fraction of sp³-hybridized carbons (Fsp3) is 0.0833. The molecule has 0 unspecified atom stereocenters. The predicted molar refractivity (Wildman–Crippen MR) is 81.0 cm³/mol. The number of carbonyl (C=O) groups excluding carboxylic acids is 1. The summed E-state index contributed by atoms with van der Waals surface area (Å²) in [5.74, 6) is -0.453. The third kappa shape index (κ3) is 3.34. The number of amides is 1. The topological polar surface area (TPSA) is 98.3 Å². The number of nitrogens with one attached hydrogen (secondary N) is 1. The van der Waals surface area contributed by atoms with E-state index in [1.165, 1.54) is 17.4 Å². The maximum atomic E-state index is 11.0. The van der Waals surface area contributed by atoms with Crippen LogP contribution in [0, 0.1) is 10.1 Å². The molecular weight excluding hydrogens is 346 g/mol. The summed E-state index contributed by atoms with van der Waals surface area (Å²) in [5, 5.41) is 15.5. The molecule has 8 heteroatoms. The molecule has 0 aliphatic heterocycles. The molecule has 2 rings (SSSR count). The van der Waals surface area contributed by atoms with E-state index < -0.39 is 10.8 Å². The summed E-state index contributed by atoms with van der Waals surface area (Å²) in [6.45, 7) is 0.516. The van der Waals surface area contributed by atoms with Crippen LogP contribution in [0.25, 0.3) is 0 Å². The largest absolute Gasteiger partial charge is 0.380 e. The Morgan fingerprint density at radius 1 is 1.45 bits per heavy atom. The number of hydrogen-bond donors (Lipinski definition) is 2. The van der Waals surface area contributed by atoms with Gasteiger partial charge in [-0.15, -0.1) is 11.3 Å². The van der Waals surface area contributed by atoms with Crippen LogP contribution in [0.15, 0.2) is 34.1 Å². The van der Waals surface area contributed by atoms with Gasteiger partial charge in [0.05, 0.1) is 15.0 Å². The van der Waals surface area contributed by atoms with Gasteiger partial charge in [0.15, 0.2) is 0 Å². The van der Waals surface area contributed by atoms with E-state index in [9.17, 15) is 14.9 Å². The van der Waals surface area contributed by atoms with Crippen molar-refractivity contribution in [2.45, 2.75) is 6.54 Å². The van der Waals surface area contributed by atoms with Crippen LogP contribution in [-0.2, 0) is 6.54 Å². The summed E-state index contributed by atoms with van der Waals surface area (Å²) >= 11 is 4.58. The summed E-state index contributed by atoms with van der Waals surface area (Å²) in [6.07, 6.45) is 0. The first kappa shape index (κ1) is 14.5. The Labute approximate surface area is 126 Å². The van der Waals surface area contributed by atoms with Crippen LogP contribution >= 0.6 is 27.3 Å². The van der Waals surface area contributed by atoms with Crippen LogP contribution in [0.2, 0.25) is 0 Å². The molecular formula is C12H10BrN3O3S. The molecule has 0 bridgehead atoms. The van der Waals surface area contributed by atoms with E-state index in [1.54, 1.807) is 23.6 Å². The van der Waals surface area contributed by atoms with E-state index in [-0.39, 0.29) is 5.69 Å². The number of thiophene rings is 1. The van der Waals surface area contributed by atoms with Crippen LogP contribution in [0.3, 0.4) is 0 Å². The molecule has 1 aromatic heterocycles. The van der Waals surface area contributed by atoms with E-state index in [0.717, 1.165) is 10.6 Å². The summed E-state index contributed by atoms with van der Waals surface area (Å²) in [5.41, 5.74) is 6.42. The number of nitro groups is 1. The lowest BCUT2D eigenvalue weighted by Crippen LogP contribution is -2.09. The lowest BCUT2D eigenvalue weighted by molar-refractivity contribution is -0.385. The average Bonchev–Trinajstić information content (AvgIpc) is 2.85. The van der Waals surface area contributed by atoms with Gasteiger partial charge in [0.1, 0.15) is 0 Å². The number of halogens is 1. The third-order valence-electron chi connectivity index (χ3n) is 2.55. The summed E-state index contributed by atoms with van der Waals surface area (Å²) in [6, 6.07) is 6.42. The second kappa shape index (κ2) is 6.02. The number of hydrogen-bond acceptors (Lipinski definition) is 5. The summed E-state index contributed by atoms with van der Waals surface area (Å²) in [7, 11) is 0. The first-order chi connectivity index (χ1) is 9.47. The highest BCUT2D eigenvalue weighted by molar-refractivity contribution is 9.10. The Bertz CT molecular complexity index is 672. The van der Waals surface area contributed by atoms with E-state index >= 15 is 0 Å². The van der Waals surface area contributed by atoms with Crippen molar-refractivity contribution < 1.29 is 9.72 Å². The second-order valence-electron chi connectivity index (χ2n) is 3.94. The highest BCUT2D eigenvalue weighted by Crippen LogP contribution is 2.28. The lowest BCUT2D eigenvalue weighted by atomic mass is 10.2. The molecule has 0 atom stereocenters. The average molecular weight is 356 g/mol. The molecule has 0 saturated carbocycles. The van der Waals surface area contributed by atoms with E-state index in [4.69, 9.17) is 5.73 Å². The van der Waals surface area contributed by atoms with Crippen molar-refractivity contribution in [1.82, 2.24) is 0 Å². The molecule has 0 radical (unpaired) electrons. The van der Waals surface area contributed by atoms with Crippen molar-refractivity contribution in [3.63, 3.8) is 0 Å². The smallest absolute Gasteiger partial charge is 0.283 e. The van der Waals surface area contributed by atoms with Gasteiger partial charge < -0.3 is 11.1 Å². The molecule has 0 fully saturated rings. The second-order valence-corrected chi connectivity index (χ2v) is 5.79. The van der Waals surface area contributed by atoms with Gasteiger partial charge in [-0.2, -0.15) is 0 Å².